The van der Waals surface area contributed by atoms with Gasteiger partial charge in [-0.1, -0.05) is 29.3 Å². The summed E-state index contributed by atoms with van der Waals surface area (Å²) < 4.78 is 11.0. The van der Waals surface area contributed by atoms with Crippen LogP contribution in [0.2, 0.25) is 10.0 Å². The number of rotatable bonds is 7. The molecule has 1 aliphatic rings. The predicted octanol–water partition coefficient (Wildman–Crippen LogP) is 5.14. The number of benzene rings is 2. The molecule has 10 heteroatoms. The molecule has 1 amide bonds. The summed E-state index contributed by atoms with van der Waals surface area (Å²) in [4.78, 5) is 28.2. The minimum Gasteiger partial charge on any atom is -0.490 e. The molecule has 1 unspecified atom stereocenters. The Balaban J connectivity index is 1.83. The maximum Gasteiger partial charge on any atom is 0.344 e. The van der Waals surface area contributed by atoms with E-state index >= 15 is 0 Å². The third-order valence-electron chi connectivity index (χ3n) is 4.00. The highest BCUT2D eigenvalue weighted by Gasteiger charge is 2.24. The molecular weight excluding hydrogens is 463 g/mol. The average Bonchev–Trinajstić information content (AvgIpc) is 3.05. The van der Waals surface area contributed by atoms with Gasteiger partial charge in [-0.15, -0.1) is 0 Å². The summed E-state index contributed by atoms with van der Waals surface area (Å²) in [5, 5.41) is 13.0. The van der Waals surface area contributed by atoms with Gasteiger partial charge < -0.3 is 19.9 Å². The Labute approximate surface area is 193 Å². The van der Waals surface area contributed by atoms with Gasteiger partial charge in [0.15, 0.2) is 22.8 Å². The van der Waals surface area contributed by atoms with Crippen LogP contribution in [-0.4, -0.2) is 34.9 Å². The fraction of sp³-hybridized carbons (Fsp3) is 0.190. The number of amidine groups is 1. The lowest BCUT2D eigenvalue weighted by Gasteiger charge is -2.15. The molecule has 0 bridgehead atoms. The van der Waals surface area contributed by atoms with Crippen LogP contribution in [0.15, 0.2) is 46.3 Å². The summed E-state index contributed by atoms with van der Waals surface area (Å²) in [7, 11) is 0. The van der Waals surface area contributed by atoms with Crippen LogP contribution in [-0.2, 0) is 9.59 Å². The third-order valence-corrected chi connectivity index (χ3v) is 5.45. The van der Waals surface area contributed by atoms with Crippen molar-refractivity contribution in [2.45, 2.75) is 20.0 Å². The number of ether oxygens (including phenoxy) is 2. The summed E-state index contributed by atoms with van der Waals surface area (Å²) in [5.74, 6) is -0.691. The highest BCUT2D eigenvalue weighted by atomic mass is 35.5. The molecule has 1 heterocycles. The van der Waals surface area contributed by atoms with Crippen LogP contribution in [0, 0.1) is 0 Å². The molecule has 0 saturated carbocycles. The maximum absolute atomic E-state index is 12.4. The Hall–Kier alpha value is -2.68. The topological polar surface area (TPSA) is 97.2 Å². The van der Waals surface area contributed by atoms with Gasteiger partial charge >= 0.3 is 5.97 Å². The number of carbonyl (C=O) groups excluding carboxylic acids is 1. The number of aliphatic carboxylic acids is 1. The number of carboxylic acids is 1. The molecule has 2 N–H and O–H groups in total. The number of hydrogen-bond donors (Lipinski definition) is 2. The van der Waals surface area contributed by atoms with Crippen LogP contribution in [0.5, 0.6) is 11.5 Å². The molecule has 0 aromatic heterocycles. The number of thioether (sulfide) groups is 1. The van der Waals surface area contributed by atoms with Gasteiger partial charge in [0.2, 0.25) is 0 Å². The number of carbonyl (C=O) groups is 2. The van der Waals surface area contributed by atoms with Crippen molar-refractivity contribution in [1.29, 1.82) is 0 Å². The first-order valence-corrected chi connectivity index (χ1v) is 10.7. The van der Waals surface area contributed by atoms with Crippen molar-refractivity contribution >= 4 is 63.8 Å². The molecule has 0 radical (unpaired) electrons. The minimum absolute atomic E-state index is 0.299. The minimum atomic E-state index is -1.08. The van der Waals surface area contributed by atoms with Gasteiger partial charge in [-0.3, -0.25) is 4.79 Å². The van der Waals surface area contributed by atoms with Crippen LogP contribution in [0.25, 0.3) is 6.08 Å². The fourth-order valence-corrected chi connectivity index (χ4v) is 3.82. The number of carboxylic acid groups (broad SMARTS) is 1. The van der Waals surface area contributed by atoms with Crippen molar-refractivity contribution in [3.8, 4) is 11.5 Å². The van der Waals surface area contributed by atoms with Crippen molar-refractivity contribution in [3.05, 3.63) is 56.9 Å². The largest absolute Gasteiger partial charge is 0.490 e. The maximum atomic E-state index is 12.4. The van der Waals surface area contributed by atoms with E-state index in [0.717, 1.165) is 0 Å². The first-order valence-electron chi connectivity index (χ1n) is 9.17. The lowest BCUT2D eigenvalue weighted by atomic mass is 10.2. The lowest BCUT2D eigenvalue weighted by molar-refractivity contribution is -0.144. The second kappa shape index (κ2) is 10.1. The van der Waals surface area contributed by atoms with Crippen molar-refractivity contribution in [3.63, 3.8) is 0 Å². The molecule has 162 valence electrons. The highest BCUT2D eigenvalue weighted by Crippen LogP contribution is 2.34. The summed E-state index contributed by atoms with van der Waals surface area (Å²) in [6.07, 6.45) is 0.650. The fourth-order valence-electron chi connectivity index (χ4n) is 2.53. The second-order valence-corrected chi connectivity index (χ2v) is 8.19. The van der Waals surface area contributed by atoms with Crippen LogP contribution in [0.1, 0.15) is 19.4 Å². The van der Waals surface area contributed by atoms with Crippen LogP contribution >= 0.6 is 35.0 Å². The van der Waals surface area contributed by atoms with Crippen molar-refractivity contribution < 1.29 is 24.2 Å². The van der Waals surface area contributed by atoms with E-state index in [1.54, 1.807) is 49.4 Å². The zero-order valence-electron chi connectivity index (χ0n) is 16.5. The van der Waals surface area contributed by atoms with E-state index in [4.69, 9.17) is 37.8 Å². The number of aliphatic imine (C=N–C) groups is 1. The van der Waals surface area contributed by atoms with E-state index < -0.39 is 12.1 Å². The van der Waals surface area contributed by atoms with Crippen LogP contribution < -0.4 is 14.8 Å². The smallest absolute Gasteiger partial charge is 0.344 e. The van der Waals surface area contributed by atoms with E-state index in [0.29, 0.717) is 49.5 Å². The van der Waals surface area contributed by atoms with Crippen molar-refractivity contribution in [2.75, 3.05) is 6.61 Å². The molecule has 1 fully saturated rings. The van der Waals surface area contributed by atoms with Gasteiger partial charge in [0, 0.05) is 5.02 Å². The Morgan fingerprint density at radius 1 is 1.26 bits per heavy atom. The number of nitrogens with zero attached hydrogens (tertiary/aromatic N) is 1. The van der Waals surface area contributed by atoms with E-state index in [1.807, 2.05) is 0 Å². The molecule has 2 aromatic rings. The molecule has 31 heavy (non-hydrogen) atoms. The predicted molar refractivity (Wildman–Crippen MR) is 123 cm³/mol. The van der Waals surface area contributed by atoms with Crippen LogP contribution in [0.4, 0.5) is 5.69 Å². The summed E-state index contributed by atoms with van der Waals surface area (Å²) in [6.45, 7) is 3.60. The Bertz CT molecular complexity index is 1090. The molecule has 1 saturated heterocycles. The zero-order chi connectivity index (χ0) is 22.5. The summed E-state index contributed by atoms with van der Waals surface area (Å²) >= 11 is 13.2. The molecule has 3 rings (SSSR count). The molecular formula is C21H18Cl2N2O5S. The second-order valence-electron chi connectivity index (χ2n) is 6.31. The number of halogens is 2. The highest BCUT2D eigenvalue weighted by molar-refractivity contribution is 8.18. The first kappa shape index (κ1) is 23.0. The quantitative estimate of drug-likeness (QED) is 0.532. The normalized spacial score (nSPS) is 17.0. The van der Waals surface area contributed by atoms with Crippen LogP contribution in [0.3, 0.4) is 0 Å². The van der Waals surface area contributed by atoms with Gasteiger partial charge in [-0.25, -0.2) is 9.79 Å². The van der Waals surface area contributed by atoms with Gasteiger partial charge in [-0.05, 0) is 67.6 Å². The SMILES string of the molecule is CCOc1cc(/C=C2/SC(=Nc3ccc(Cl)cc3Cl)NC2=O)ccc1OC(C)C(=O)O. The molecule has 1 aliphatic heterocycles. The van der Waals surface area contributed by atoms with Gasteiger partial charge in [0.1, 0.15) is 0 Å². The average molecular weight is 481 g/mol. The summed E-state index contributed by atoms with van der Waals surface area (Å²) in [5.41, 5.74) is 1.17. The Kier molecular flexibility index (Phi) is 7.48. The van der Waals surface area contributed by atoms with Gasteiger partial charge in [0.25, 0.3) is 5.91 Å². The number of nitrogens with one attached hydrogen (secondary N) is 1. The third kappa shape index (κ3) is 5.94. The van der Waals surface area contributed by atoms with E-state index in [2.05, 4.69) is 10.3 Å². The van der Waals surface area contributed by atoms with Crippen molar-refractivity contribution in [2.24, 2.45) is 4.99 Å². The molecule has 2 aromatic carbocycles. The molecule has 0 aliphatic carbocycles. The Morgan fingerprint density at radius 2 is 2.03 bits per heavy atom. The standard InChI is InChI=1S/C21H18Cl2N2O5S/c1-3-29-17-8-12(4-7-16(17)30-11(2)20(27)28)9-18-19(26)25-21(31-18)24-15-6-5-13(22)10-14(15)23/h4-11H,3H2,1-2H3,(H,27,28)(H,24,25,26)/b18-9+. The Morgan fingerprint density at radius 3 is 2.71 bits per heavy atom. The lowest BCUT2D eigenvalue weighted by Crippen LogP contribution is -2.23. The van der Waals surface area contributed by atoms with E-state index in [1.165, 1.54) is 18.7 Å². The van der Waals surface area contributed by atoms with Gasteiger partial charge in [0.05, 0.1) is 22.2 Å². The zero-order valence-corrected chi connectivity index (χ0v) is 18.8. The first-order chi connectivity index (χ1) is 14.8. The number of hydrogen-bond acceptors (Lipinski definition) is 6. The molecule has 1 atom stereocenters. The summed E-state index contributed by atoms with van der Waals surface area (Å²) in [6, 6.07) is 9.89. The van der Waals surface area contributed by atoms with Gasteiger partial charge in [-0.2, -0.15) is 0 Å². The molecule has 0 spiro atoms. The van der Waals surface area contributed by atoms with E-state index in [-0.39, 0.29) is 5.91 Å². The van der Waals surface area contributed by atoms with Crippen molar-refractivity contribution in [1.82, 2.24) is 5.32 Å². The molecule has 7 nitrogen and oxygen atoms in total. The van der Waals surface area contributed by atoms with E-state index in [9.17, 15) is 9.59 Å². The monoisotopic (exact) mass is 480 g/mol. The number of amides is 1.